The maximum Gasteiger partial charge on any atom is 0.295 e. The molecule has 0 radical (unpaired) electrons. The molecule has 2 aromatic carbocycles. The highest BCUT2D eigenvalue weighted by molar-refractivity contribution is 9.10. The molecule has 0 aliphatic carbocycles. The van der Waals surface area contributed by atoms with Crippen LogP contribution in [-0.2, 0) is 9.59 Å². The van der Waals surface area contributed by atoms with E-state index in [0.29, 0.717) is 31.0 Å². The van der Waals surface area contributed by atoms with Crippen molar-refractivity contribution in [2.45, 2.75) is 13.0 Å². The second-order valence-electron chi connectivity index (χ2n) is 7.93. The lowest BCUT2D eigenvalue weighted by atomic mass is 9.95. The molecule has 1 aliphatic rings. The van der Waals surface area contributed by atoms with E-state index in [1.165, 1.54) is 4.90 Å². The quantitative estimate of drug-likeness (QED) is 0.254. The van der Waals surface area contributed by atoms with Gasteiger partial charge in [0, 0.05) is 23.1 Å². The molecule has 1 heterocycles. The van der Waals surface area contributed by atoms with Gasteiger partial charge in [-0.15, -0.1) is 0 Å². The number of hydrogen-bond donors (Lipinski definition) is 1. The van der Waals surface area contributed by atoms with Gasteiger partial charge in [0.15, 0.2) is 0 Å². The first-order valence-corrected chi connectivity index (χ1v) is 11.1. The van der Waals surface area contributed by atoms with Crippen LogP contribution in [0.3, 0.4) is 0 Å². The van der Waals surface area contributed by atoms with Crippen molar-refractivity contribution < 1.29 is 19.4 Å². The van der Waals surface area contributed by atoms with Crippen molar-refractivity contribution in [2.75, 3.05) is 33.8 Å². The lowest BCUT2D eigenvalue weighted by Gasteiger charge is -2.26. The molecule has 1 aliphatic heterocycles. The first-order valence-electron chi connectivity index (χ1n) is 10.3. The molecule has 2 aromatic rings. The summed E-state index contributed by atoms with van der Waals surface area (Å²) in [5.41, 5.74) is 2.12. The summed E-state index contributed by atoms with van der Waals surface area (Å²) in [6.45, 7) is 6.82. The van der Waals surface area contributed by atoms with Gasteiger partial charge in [-0.1, -0.05) is 40.7 Å². The molecule has 1 atom stereocenters. The second kappa shape index (κ2) is 10.1. The number of hydrogen-bond acceptors (Lipinski definition) is 5. The minimum Gasteiger partial charge on any atom is -0.507 e. The van der Waals surface area contributed by atoms with Crippen LogP contribution in [0.15, 0.2) is 65.2 Å². The van der Waals surface area contributed by atoms with Gasteiger partial charge in [0.2, 0.25) is 0 Å². The van der Waals surface area contributed by atoms with Gasteiger partial charge in [-0.05, 0) is 62.5 Å². The summed E-state index contributed by atoms with van der Waals surface area (Å²) in [6.07, 6.45) is 1.65. The van der Waals surface area contributed by atoms with Gasteiger partial charge < -0.3 is 19.6 Å². The average molecular weight is 499 g/mol. The zero-order valence-electron chi connectivity index (χ0n) is 18.5. The van der Waals surface area contributed by atoms with Gasteiger partial charge in [-0.25, -0.2) is 0 Å². The van der Waals surface area contributed by atoms with E-state index in [-0.39, 0.29) is 11.3 Å². The first kappa shape index (κ1) is 23.8. The lowest BCUT2D eigenvalue weighted by Crippen LogP contribution is -2.35. The topological polar surface area (TPSA) is 70.1 Å². The van der Waals surface area contributed by atoms with E-state index in [1.54, 1.807) is 24.3 Å². The third kappa shape index (κ3) is 4.95. The number of benzene rings is 2. The number of ether oxygens (including phenoxy) is 1. The molecular weight excluding hydrogens is 472 g/mol. The summed E-state index contributed by atoms with van der Waals surface area (Å²) < 4.78 is 6.49. The first-order chi connectivity index (χ1) is 15.2. The van der Waals surface area contributed by atoms with E-state index in [2.05, 4.69) is 22.5 Å². The SMILES string of the molecule is C=CCOc1ccc(/C(O)=C2/C(=O)C(=O)N(CCN(C)C)C2c2ccc(Br)cc2)cc1C. The number of carbonyl (C=O) groups excluding carboxylic acids is 2. The Morgan fingerprint density at radius 3 is 2.50 bits per heavy atom. The summed E-state index contributed by atoms with van der Waals surface area (Å²) in [5, 5.41) is 11.2. The Kier molecular flexibility index (Phi) is 7.53. The Labute approximate surface area is 196 Å². The Balaban J connectivity index is 2.09. The number of ketones is 1. The molecule has 0 bridgehead atoms. The minimum absolute atomic E-state index is 0.0928. The molecule has 6 nitrogen and oxygen atoms in total. The Hall–Kier alpha value is -2.90. The molecule has 168 valence electrons. The van der Waals surface area contributed by atoms with E-state index in [4.69, 9.17) is 4.74 Å². The van der Waals surface area contributed by atoms with Gasteiger partial charge in [0.1, 0.15) is 18.1 Å². The van der Waals surface area contributed by atoms with Crippen LogP contribution >= 0.6 is 15.9 Å². The number of carbonyl (C=O) groups is 2. The predicted molar refractivity (Wildman–Crippen MR) is 129 cm³/mol. The van der Waals surface area contributed by atoms with E-state index in [1.807, 2.05) is 50.2 Å². The molecule has 7 heteroatoms. The van der Waals surface area contributed by atoms with Crippen molar-refractivity contribution in [3.05, 3.63) is 81.9 Å². The van der Waals surface area contributed by atoms with E-state index < -0.39 is 17.7 Å². The normalized spacial score (nSPS) is 17.8. The van der Waals surface area contributed by atoms with Crippen molar-refractivity contribution in [1.29, 1.82) is 0 Å². The molecule has 0 saturated carbocycles. The summed E-state index contributed by atoms with van der Waals surface area (Å²) in [5.74, 6) is -0.817. The average Bonchev–Trinajstić information content (AvgIpc) is 3.01. The number of likely N-dealkylation sites (tertiary alicyclic amines) is 1. The molecule has 1 unspecified atom stereocenters. The van der Waals surface area contributed by atoms with Gasteiger partial charge >= 0.3 is 0 Å². The largest absolute Gasteiger partial charge is 0.507 e. The predicted octanol–water partition coefficient (Wildman–Crippen LogP) is 4.31. The zero-order valence-corrected chi connectivity index (χ0v) is 20.1. The van der Waals surface area contributed by atoms with Crippen molar-refractivity contribution >= 4 is 33.4 Å². The number of halogens is 1. The molecule has 0 aromatic heterocycles. The molecule has 0 spiro atoms. The fourth-order valence-electron chi connectivity index (χ4n) is 3.67. The molecule has 1 fully saturated rings. The third-order valence-corrected chi connectivity index (χ3v) is 5.85. The number of aliphatic hydroxyl groups excluding tert-OH is 1. The molecule has 32 heavy (non-hydrogen) atoms. The monoisotopic (exact) mass is 498 g/mol. The number of rotatable bonds is 8. The second-order valence-corrected chi connectivity index (χ2v) is 8.84. The fraction of sp³-hybridized carbons (Fsp3) is 0.280. The Morgan fingerprint density at radius 2 is 1.91 bits per heavy atom. The number of likely N-dealkylation sites (N-methyl/N-ethyl adjacent to an activating group) is 1. The molecule has 3 rings (SSSR count). The minimum atomic E-state index is -0.682. The highest BCUT2D eigenvalue weighted by Crippen LogP contribution is 2.40. The van der Waals surface area contributed by atoms with Crippen LogP contribution in [0.25, 0.3) is 5.76 Å². The van der Waals surface area contributed by atoms with Crippen LogP contribution in [0.1, 0.15) is 22.7 Å². The van der Waals surface area contributed by atoms with Crippen LogP contribution in [0.2, 0.25) is 0 Å². The van der Waals surface area contributed by atoms with E-state index in [0.717, 1.165) is 15.6 Å². The standard InChI is InChI=1S/C25H27BrN2O4/c1-5-14-32-20-11-8-18(15-16(20)2)23(29)21-22(17-6-9-19(26)10-7-17)28(13-12-27(3)4)25(31)24(21)30/h5-11,15,22,29H,1,12-14H2,2-4H3/b23-21-. The van der Waals surface area contributed by atoms with Crippen molar-refractivity contribution in [2.24, 2.45) is 0 Å². The Morgan fingerprint density at radius 1 is 1.22 bits per heavy atom. The summed E-state index contributed by atoms with van der Waals surface area (Å²) in [6, 6.07) is 11.9. The lowest BCUT2D eigenvalue weighted by molar-refractivity contribution is -0.140. The summed E-state index contributed by atoms with van der Waals surface area (Å²) in [7, 11) is 3.81. The molecule has 1 amide bonds. The zero-order chi connectivity index (χ0) is 23.4. The fourth-order valence-corrected chi connectivity index (χ4v) is 3.94. The van der Waals surface area contributed by atoms with Crippen LogP contribution in [0, 0.1) is 6.92 Å². The van der Waals surface area contributed by atoms with Gasteiger partial charge in [0.25, 0.3) is 11.7 Å². The van der Waals surface area contributed by atoms with Gasteiger partial charge in [-0.3, -0.25) is 9.59 Å². The molecular formula is C25H27BrN2O4. The van der Waals surface area contributed by atoms with Crippen LogP contribution in [0.5, 0.6) is 5.75 Å². The Bertz CT molecular complexity index is 1060. The highest BCUT2D eigenvalue weighted by Gasteiger charge is 2.45. The van der Waals surface area contributed by atoms with Gasteiger partial charge in [-0.2, -0.15) is 0 Å². The molecule has 1 N–H and O–H groups in total. The summed E-state index contributed by atoms with van der Waals surface area (Å²) in [4.78, 5) is 29.5. The number of aliphatic hydroxyl groups is 1. The summed E-state index contributed by atoms with van der Waals surface area (Å²) >= 11 is 3.42. The number of aryl methyl sites for hydroxylation is 1. The number of Topliss-reactive ketones (excluding diaryl/α,β-unsaturated/α-hetero) is 1. The van der Waals surface area contributed by atoms with Crippen molar-refractivity contribution in [3.8, 4) is 5.75 Å². The van der Waals surface area contributed by atoms with Crippen LogP contribution < -0.4 is 4.74 Å². The van der Waals surface area contributed by atoms with Crippen LogP contribution in [0.4, 0.5) is 0 Å². The molecule has 1 saturated heterocycles. The van der Waals surface area contributed by atoms with Crippen LogP contribution in [-0.4, -0.2) is 60.4 Å². The van der Waals surface area contributed by atoms with Gasteiger partial charge in [0.05, 0.1) is 11.6 Å². The number of amides is 1. The van der Waals surface area contributed by atoms with Crippen molar-refractivity contribution in [3.63, 3.8) is 0 Å². The highest BCUT2D eigenvalue weighted by atomic mass is 79.9. The van der Waals surface area contributed by atoms with E-state index in [9.17, 15) is 14.7 Å². The maximum absolute atomic E-state index is 13.1. The smallest absolute Gasteiger partial charge is 0.295 e. The maximum atomic E-state index is 13.1. The van der Waals surface area contributed by atoms with Crippen molar-refractivity contribution in [1.82, 2.24) is 9.80 Å². The van der Waals surface area contributed by atoms with E-state index >= 15 is 0 Å². The number of nitrogens with zero attached hydrogens (tertiary/aromatic N) is 2. The third-order valence-electron chi connectivity index (χ3n) is 5.32.